The third kappa shape index (κ3) is 2.64. The second-order valence-electron chi connectivity index (χ2n) is 5.47. The Hall–Kier alpha value is -3.85. The first kappa shape index (κ1) is 14.7. The number of aromatic nitrogens is 3. The number of rotatable bonds is 3. The number of hydrogen-bond acceptors (Lipinski definition) is 4. The van der Waals surface area contributed by atoms with Crippen LogP contribution < -0.4 is 10.9 Å². The summed E-state index contributed by atoms with van der Waals surface area (Å²) in [5.41, 5.74) is 2.48. The van der Waals surface area contributed by atoms with Crippen LogP contribution in [-0.4, -0.2) is 14.6 Å². The molecule has 0 aliphatic heterocycles. The molecule has 0 saturated carbocycles. The van der Waals surface area contributed by atoms with Crippen molar-refractivity contribution < 1.29 is 0 Å². The highest BCUT2D eigenvalue weighted by Gasteiger charge is 2.16. The maximum atomic E-state index is 12.5. The van der Waals surface area contributed by atoms with E-state index in [0.717, 1.165) is 11.3 Å². The molecule has 2 aromatic carbocycles. The first-order valence-corrected chi connectivity index (χ1v) is 7.69. The highest BCUT2D eigenvalue weighted by molar-refractivity contribution is 5.74. The lowest BCUT2D eigenvalue weighted by molar-refractivity contribution is 0.904. The number of nitrogens with zero attached hydrogens (tertiary/aromatic N) is 3. The molecule has 2 heterocycles. The second-order valence-corrected chi connectivity index (χ2v) is 5.47. The molecule has 6 heteroatoms. The summed E-state index contributed by atoms with van der Waals surface area (Å²) < 4.78 is 1.27. The third-order valence-corrected chi connectivity index (χ3v) is 3.84. The zero-order chi connectivity index (χ0) is 17.2. The summed E-state index contributed by atoms with van der Waals surface area (Å²) in [5, 5.41) is 15.6. The smallest absolute Gasteiger partial charge is 0.273 e. The average Bonchev–Trinajstić information content (AvgIpc) is 3.01. The normalized spacial score (nSPS) is 10.5. The van der Waals surface area contributed by atoms with Crippen LogP contribution in [0.15, 0.2) is 71.5 Å². The van der Waals surface area contributed by atoms with E-state index in [1.54, 1.807) is 0 Å². The van der Waals surface area contributed by atoms with Crippen molar-refractivity contribution in [3.05, 3.63) is 82.6 Å². The van der Waals surface area contributed by atoms with Gasteiger partial charge in [-0.1, -0.05) is 48.5 Å². The summed E-state index contributed by atoms with van der Waals surface area (Å²) >= 11 is 0. The monoisotopic (exact) mass is 327 g/mol. The highest BCUT2D eigenvalue weighted by atomic mass is 16.1. The molecule has 0 unspecified atom stereocenters. The fraction of sp³-hybridized carbons (Fsp3) is 0. The minimum absolute atomic E-state index is 0.276. The summed E-state index contributed by atoms with van der Waals surface area (Å²) in [7, 11) is 0. The van der Waals surface area contributed by atoms with Crippen LogP contribution >= 0.6 is 0 Å². The predicted octanol–water partition coefficient (Wildman–Crippen LogP) is 3.30. The molecule has 0 bridgehead atoms. The van der Waals surface area contributed by atoms with Gasteiger partial charge in [0.1, 0.15) is 17.5 Å². The Bertz CT molecular complexity index is 1140. The van der Waals surface area contributed by atoms with Crippen LogP contribution in [0, 0.1) is 11.3 Å². The van der Waals surface area contributed by atoms with E-state index in [2.05, 4.69) is 21.5 Å². The molecule has 2 aromatic heterocycles. The van der Waals surface area contributed by atoms with E-state index < -0.39 is 0 Å². The van der Waals surface area contributed by atoms with E-state index in [1.807, 2.05) is 60.7 Å². The zero-order valence-corrected chi connectivity index (χ0v) is 13.1. The topological polar surface area (TPSA) is 86.0 Å². The molecule has 0 amide bonds. The summed E-state index contributed by atoms with van der Waals surface area (Å²) in [6.45, 7) is 0. The lowest BCUT2D eigenvalue weighted by Gasteiger charge is -2.02. The SMILES string of the molecule is N#Cc1c(Nc2ccccc2)[nH]n2c(=O)cc(-c3ccccc3)nc12. The highest BCUT2D eigenvalue weighted by Crippen LogP contribution is 2.23. The van der Waals surface area contributed by atoms with Gasteiger partial charge in [0.05, 0.1) is 5.69 Å². The number of fused-ring (bicyclic) bond motifs is 1. The van der Waals surface area contributed by atoms with Gasteiger partial charge in [-0.05, 0) is 12.1 Å². The van der Waals surface area contributed by atoms with E-state index in [-0.39, 0.29) is 5.56 Å². The van der Waals surface area contributed by atoms with Crippen LogP contribution in [0.2, 0.25) is 0 Å². The van der Waals surface area contributed by atoms with Crippen LogP contribution in [0.25, 0.3) is 16.9 Å². The number of nitriles is 1. The summed E-state index contributed by atoms with van der Waals surface area (Å²) in [4.78, 5) is 17.0. The van der Waals surface area contributed by atoms with Gasteiger partial charge >= 0.3 is 0 Å². The molecule has 6 nitrogen and oxygen atoms in total. The fourth-order valence-corrected chi connectivity index (χ4v) is 2.66. The van der Waals surface area contributed by atoms with Crippen molar-refractivity contribution in [2.75, 3.05) is 5.32 Å². The molecule has 0 spiro atoms. The van der Waals surface area contributed by atoms with Crippen molar-refractivity contribution in [2.45, 2.75) is 0 Å². The Morgan fingerprint density at radius 1 is 1.04 bits per heavy atom. The minimum Gasteiger partial charge on any atom is -0.339 e. The number of anilines is 2. The molecule has 120 valence electrons. The van der Waals surface area contributed by atoms with Gasteiger partial charge in [-0.3, -0.25) is 9.89 Å². The Morgan fingerprint density at radius 3 is 2.40 bits per heavy atom. The Kier molecular flexibility index (Phi) is 3.52. The molecule has 0 saturated heterocycles. The van der Waals surface area contributed by atoms with Gasteiger partial charge < -0.3 is 5.32 Å². The number of H-pyrrole nitrogens is 1. The molecule has 4 aromatic rings. The molecule has 0 atom stereocenters. The van der Waals surface area contributed by atoms with Gasteiger partial charge in [-0.25, -0.2) is 4.98 Å². The second kappa shape index (κ2) is 5.98. The molecular weight excluding hydrogens is 314 g/mol. The van der Waals surface area contributed by atoms with Crippen molar-refractivity contribution in [2.24, 2.45) is 0 Å². The van der Waals surface area contributed by atoms with Gasteiger partial charge in [0, 0.05) is 17.3 Å². The largest absolute Gasteiger partial charge is 0.339 e. The molecule has 2 N–H and O–H groups in total. The van der Waals surface area contributed by atoms with Crippen molar-refractivity contribution >= 4 is 17.2 Å². The first-order valence-electron chi connectivity index (χ1n) is 7.69. The van der Waals surface area contributed by atoms with Crippen molar-refractivity contribution in [3.63, 3.8) is 0 Å². The van der Waals surface area contributed by atoms with E-state index >= 15 is 0 Å². The van der Waals surface area contributed by atoms with Gasteiger partial charge in [0.2, 0.25) is 0 Å². The molecule has 25 heavy (non-hydrogen) atoms. The van der Waals surface area contributed by atoms with Crippen LogP contribution in [0.5, 0.6) is 0 Å². The number of nitrogens with one attached hydrogen (secondary N) is 2. The van der Waals surface area contributed by atoms with Gasteiger partial charge in [-0.2, -0.15) is 9.78 Å². The van der Waals surface area contributed by atoms with Gasteiger partial charge in [-0.15, -0.1) is 0 Å². The van der Waals surface area contributed by atoms with Crippen LogP contribution in [0.3, 0.4) is 0 Å². The summed E-state index contributed by atoms with van der Waals surface area (Å²) in [6.07, 6.45) is 0. The lowest BCUT2D eigenvalue weighted by atomic mass is 10.1. The van der Waals surface area contributed by atoms with Crippen molar-refractivity contribution in [1.29, 1.82) is 5.26 Å². The number of benzene rings is 2. The lowest BCUT2D eigenvalue weighted by Crippen LogP contribution is -2.14. The van der Waals surface area contributed by atoms with E-state index in [1.165, 1.54) is 10.6 Å². The van der Waals surface area contributed by atoms with Gasteiger partial charge in [0.25, 0.3) is 5.56 Å². The maximum absolute atomic E-state index is 12.5. The van der Waals surface area contributed by atoms with E-state index in [9.17, 15) is 10.1 Å². The molecule has 0 radical (unpaired) electrons. The molecule has 4 rings (SSSR count). The summed E-state index contributed by atoms with van der Waals surface area (Å²) in [6, 6.07) is 22.4. The fourth-order valence-electron chi connectivity index (χ4n) is 2.66. The van der Waals surface area contributed by atoms with E-state index in [0.29, 0.717) is 22.7 Å². The van der Waals surface area contributed by atoms with Gasteiger partial charge in [0.15, 0.2) is 5.65 Å². The molecule has 0 fully saturated rings. The maximum Gasteiger partial charge on any atom is 0.273 e. The van der Waals surface area contributed by atoms with Crippen LogP contribution in [0.4, 0.5) is 11.5 Å². The number of para-hydroxylation sites is 1. The van der Waals surface area contributed by atoms with Crippen molar-refractivity contribution in [3.8, 4) is 17.3 Å². The molecule has 0 aliphatic carbocycles. The quantitative estimate of drug-likeness (QED) is 0.604. The standard InChI is InChI=1S/C19H13N5O/c20-12-15-18(21-14-9-5-2-6-10-14)23-24-17(25)11-16(22-19(15)24)13-7-3-1-4-8-13/h1-11,21,23H. The Morgan fingerprint density at radius 2 is 1.72 bits per heavy atom. The molecule has 0 aliphatic rings. The Balaban J connectivity index is 1.89. The summed E-state index contributed by atoms with van der Waals surface area (Å²) in [5.74, 6) is 0.434. The number of aromatic amines is 1. The minimum atomic E-state index is -0.276. The van der Waals surface area contributed by atoms with Crippen LogP contribution in [-0.2, 0) is 0 Å². The zero-order valence-electron chi connectivity index (χ0n) is 13.1. The predicted molar refractivity (Wildman–Crippen MR) is 95.7 cm³/mol. The Labute approximate surface area is 143 Å². The van der Waals surface area contributed by atoms with Crippen molar-refractivity contribution in [1.82, 2.24) is 14.6 Å². The first-order chi connectivity index (χ1) is 12.3. The third-order valence-electron chi connectivity index (χ3n) is 3.84. The number of hydrogen-bond donors (Lipinski definition) is 2. The van der Waals surface area contributed by atoms with Crippen LogP contribution in [0.1, 0.15) is 5.56 Å². The van der Waals surface area contributed by atoms with E-state index in [4.69, 9.17) is 0 Å². The average molecular weight is 327 g/mol. The molecular formula is C19H13N5O.